The molecule has 0 aliphatic carbocycles. The molecular formula is C21H17FN4O3. The highest BCUT2D eigenvalue weighted by atomic mass is 19.1. The van der Waals surface area contributed by atoms with Crippen LogP contribution in [0.5, 0.6) is 11.5 Å². The van der Waals surface area contributed by atoms with E-state index < -0.39 is 0 Å². The lowest BCUT2D eigenvalue weighted by atomic mass is 10.3. The van der Waals surface area contributed by atoms with E-state index in [0.717, 1.165) is 0 Å². The number of rotatable bonds is 6. The first-order valence-corrected chi connectivity index (χ1v) is 8.80. The summed E-state index contributed by atoms with van der Waals surface area (Å²) in [5.41, 5.74) is 2.47. The van der Waals surface area contributed by atoms with Crippen LogP contribution in [0.2, 0.25) is 0 Å². The van der Waals surface area contributed by atoms with Crippen LogP contribution in [-0.4, -0.2) is 34.6 Å². The van der Waals surface area contributed by atoms with Gasteiger partial charge in [-0.05, 0) is 66.7 Å². The van der Waals surface area contributed by atoms with E-state index in [4.69, 9.17) is 9.47 Å². The number of halogens is 1. The smallest absolute Gasteiger partial charge is 0.262 e. The van der Waals surface area contributed by atoms with Gasteiger partial charge in [-0.2, -0.15) is 4.80 Å². The van der Waals surface area contributed by atoms with Crippen molar-refractivity contribution in [1.29, 1.82) is 0 Å². The Morgan fingerprint density at radius 1 is 0.966 bits per heavy atom. The van der Waals surface area contributed by atoms with E-state index >= 15 is 0 Å². The predicted octanol–water partition coefficient (Wildman–Crippen LogP) is 3.59. The highest BCUT2D eigenvalue weighted by Crippen LogP contribution is 2.19. The zero-order valence-electron chi connectivity index (χ0n) is 15.5. The van der Waals surface area contributed by atoms with Gasteiger partial charge in [0.1, 0.15) is 28.3 Å². The summed E-state index contributed by atoms with van der Waals surface area (Å²) < 4.78 is 23.6. The number of hydrogen-bond acceptors (Lipinski definition) is 5. The monoisotopic (exact) mass is 392 g/mol. The van der Waals surface area contributed by atoms with E-state index in [9.17, 15) is 9.18 Å². The van der Waals surface area contributed by atoms with E-state index in [-0.39, 0.29) is 18.3 Å². The molecule has 1 aromatic heterocycles. The Hall–Kier alpha value is -3.94. The quantitative estimate of drug-likeness (QED) is 0.543. The molecule has 146 valence electrons. The van der Waals surface area contributed by atoms with Crippen molar-refractivity contribution in [2.75, 3.05) is 19.0 Å². The summed E-state index contributed by atoms with van der Waals surface area (Å²) >= 11 is 0. The minimum atomic E-state index is -0.327. The molecule has 1 N–H and O–H groups in total. The van der Waals surface area contributed by atoms with Crippen molar-refractivity contribution in [3.05, 3.63) is 72.5 Å². The molecule has 3 aromatic carbocycles. The number of benzene rings is 3. The van der Waals surface area contributed by atoms with Crippen molar-refractivity contribution >= 4 is 22.6 Å². The minimum absolute atomic E-state index is 0.132. The Kier molecular flexibility index (Phi) is 5.07. The van der Waals surface area contributed by atoms with E-state index in [2.05, 4.69) is 15.5 Å². The average molecular weight is 392 g/mol. The number of nitrogens with zero attached hydrogens (tertiary/aromatic N) is 3. The van der Waals surface area contributed by atoms with Crippen LogP contribution in [0.1, 0.15) is 0 Å². The molecule has 8 heteroatoms. The fourth-order valence-corrected chi connectivity index (χ4v) is 2.70. The number of hydrogen-bond donors (Lipinski definition) is 1. The Bertz CT molecular complexity index is 1140. The molecule has 0 radical (unpaired) electrons. The normalized spacial score (nSPS) is 10.7. The first-order chi connectivity index (χ1) is 14.1. The largest absolute Gasteiger partial charge is 0.497 e. The van der Waals surface area contributed by atoms with Gasteiger partial charge in [-0.25, -0.2) is 4.39 Å². The maximum absolute atomic E-state index is 13.1. The molecule has 0 atom stereocenters. The number of fused-ring (bicyclic) bond motifs is 1. The van der Waals surface area contributed by atoms with Gasteiger partial charge in [-0.1, -0.05) is 0 Å². The second-order valence-electron chi connectivity index (χ2n) is 6.18. The van der Waals surface area contributed by atoms with Crippen LogP contribution < -0.4 is 14.8 Å². The number of aromatic nitrogens is 3. The number of methoxy groups -OCH3 is 1. The Morgan fingerprint density at radius 2 is 1.66 bits per heavy atom. The second kappa shape index (κ2) is 7.97. The number of carbonyl (C=O) groups excluding carboxylic acids is 1. The fraction of sp³-hybridized carbons (Fsp3) is 0.0952. The Morgan fingerprint density at radius 3 is 2.38 bits per heavy atom. The van der Waals surface area contributed by atoms with Crippen molar-refractivity contribution in [2.24, 2.45) is 0 Å². The number of anilines is 1. The highest BCUT2D eigenvalue weighted by Gasteiger charge is 2.09. The first-order valence-electron chi connectivity index (χ1n) is 8.80. The van der Waals surface area contributed by atoms with Crippen LogP contribution in [0.15, 0.2) is 66.7 Å². The summed E-state index contributed by atoms with van der Waals surface area (Å²) in [6, 6.07) is 18.0. The molecule has 0 spiro atoms. The third-order valence-corrected chi connectivity index (χ3v) is 4.15. The molecule has 0 unspecified atom stereocenters. The molecule has 0 bridgehead atoms. The van der Waals surface area contributed by atoms with Gasteiger partial charge in [0.2, 0.25) is 0 Å². The molecule has 0 fully saturated rings. The topological polar surface area (TPSA) is 78.3 Å². The fourth-order valence-electron chi connectivity index (χ4n) is 2.70. The molecule has 29 heavy (non-hydrogen) atoms. The van der Waals surface area contributed by atoms with E-state index in [1.807, 2.05) is 0 Å². The van der Waals surface area contributed by atoms with Crippen LogP contribution in [0.3, 0.4) is 0 Å². The summed E-state index contributed by atoms with van der Waals surface area (Å²) in [7, 11) is 1.58. The molecule has 0 aliphatic heterocycles. The number of ether oxygens (including phenoxy) is 2. The number of nitrogens with one attached hydrogen (secondary N) is 1. The lowest BCUT2D eigenvalue weighted by molar-refractivity contribution is -0.118. The highest BCUT2D eigenvalue weighted by molar-refractivity contribution is 5.93. The standard InChI is InChI=1S/C21H17FN4O3/c1-28-17-7-9-18(10-8-17)29-13-21(27)23-15-4-11-19-20(12-15)25-26(24-19)16-5-2-14(22)3-6-16/h2-12H,13H2,1H3,(H,23,27). The maximum atomic E-state index is 13.1. The molecule has 0 saturated carbocycles. The van der Waals surface area contributed by atoms with Crippen LogP contribution in [-0.2, 0) is 4.79 Å². The van der Waals surface area contributed by atoms with Crippen LogP contribution >= 0.6 is 0 Å². The maximum Gasteiger partial charge on any atom is 0.262 e. The van der Waals surface area contributed by atoms with E-state index in [1.54, 1.807) is 61.7 Å². The Balaban J connectivity index is 1.42. The zero-order chi connectivity index (χ0) is 20.2. The lowest BCUT2D eigenvalue weighted by Crippen LogP contribution is -2.20. The Labute approximate surface area is 165 Å². The third-order valence-electron chi connectivity index (χ3n) is 4.15. The van der Waals surface area contributed by atoms with Crippen LogP contribution in [0.4, 0.5) is 10.1 Å². The lowest BCUT2D eigenvalue weighted by Gasteiger charge is -2.08. The molecule has 0 saturated heterocycles. The molecule has 7 nitrogen and oxygen atoms in total. The number of amides is 1. The average Bonchev–Trinajstić information content (AvgIpc) is 3.16. The molecule has 1 amide bonds. The SMILES string of the molecule is COc1ccc(OCC(=O)Nc2ccc3nn(-c4ccc(F)cc4)nc3c2)cc1. The van der Waals surface area contributed by atoms with Gasteiger partial charge >= 0.3 is 0 Å². The van der Waals surface area contributed by atoms with Crippen LogP contribution in [0.25, 0.3) is 16.7 Å². The van der Waals surface area contributed by atoms with Crippen molar-refractivity contribution in [1.82, 2.24) is 15.0 Å². The van der Waals surface area contributed by atoms with Crippen molar-refractivity contribution in [3.63, 3.8) is 0 Å². The summed E-state index contributed by atoms with van der Waals surface area (Å²) in [5.74, 6) is 0.654. The van der Waals surface area contributed by atoms with Gasteiger partial charge in [0.25, 0.3) is 5.91 Å². The van der Waals surface area contributed by atoms with E-state index in [0.29, 0.717) is 33.9 Å². The molecule has 4 aromatic rings. The summed E-state index contributed by atoms with van der Waals surface area (Å²) in [6.45, 7) is -0.132. The number of carbonyl (C=O) groups is 1. The predicted molar refractivity (Wildman–Crippen MR) is 106 cm³/mol. The van der Waals surface area contributed by atoms with Gasteiger partial charge < -0.3 is 14.8 Å². The second-order valence-corrected chi connectivity index (χ2v) is 6.18. The molecule has 1 heterocycles. The molecule has 4 rings (SSSR count). The van der Waals surface area contributed by atoms with Crippen LogP contribution in [0, 0.1) is 5.82 Å². The summed E-state index contributed by atoms with van der Waals surface area (Å²) in [6.07, 6.45) is 0. The van der Waals surface area contributed by atoms with E-state index in [1.165, 1.54) is 16.9 Å². The van der Waals surface area contributed by atoms with Gasteiger partial charge in [0.15, 0.2) is 6.61 Å². The van der Waals surface area contributed by atoms with Gasteiger partial charge in [0, 0.05) is 5.69 Å². The van der Waals surface area contributed by atoms with Gasteiger partial charge in [0.05, 0.1) is 12.8 Å². The molecule has 0 aliphatic rings. The van der Waals surface area contributed by atoms with Gasteiger partial charge in [-0.15, -0.1) is 10.2 Å². The summed E-state index contributed by atoms with van der Waals surface area (Å²) in [5, 5.41) is 11.5. The van der Waals surface area contributed by atoms with Gasteiger partial charge in [-0.3, -0.25) is 4.79 Å². The van der Waals surface area contributed by atoms with Crippen molar-refractivity contribution in [3.8, 4) is 17.2 Å². The first kappa shape index (κ1) is 18.4. The molecular weight excluding hydrogens is 375 g/mol. The minimum Gasteiger partial charge on any atom is -0.497 e. The zero-order valence-corrected chi connectivity index (χ0v) is 15.5. The summed E-state index contributed by atoms with van der Waals surface area (Å²) in [4.78, 5) is 13.6. The van der Waals surface area contributed by atoms with Crippen molar-refractivity contribution < 1.29 is 18.7 Å². The third kappa shape index (κ3) is 4.32. The van der Waals surface area contributed by atoms with Crippen molar-refractivity contribution in [2.45, 2.75) is 0 Å².